The molecule has 0 bridgehead atoms. The number of amides is 3. The van der Waals surface area contributed by atoms with Crippen LogP contribution in [0.3, 0.4) is 0 Å². The minimum atomic E-state index is -1.23. The number of nitrogens with zero attached hydrogens (tertiary/aromatic N) is 3. The smallest absolute Gasteiger partial charge is 0.249 e. The molecule has 0 aromatic heterocycles. The summed E-state index contributed by atoms with van der Waals surface area (Å²) >= 11 is 0. The Hall–Kier alpha value is -2.19. The van der Waals surface area contributed by atoms with Gasteiger partial charge in [-0.15, -0.1) is 0 Å². The molecule has 0 aliphatic carbocycles. The summed E-state index contributed by atoms with van der Waals surface area (Å²) in [5.41, 5.74) is -1.69. The molecule has 1 unspecified atom stereocenters. The summed E-state index contributed by atoms with van der Waals surface area (Å²) in [6, 6.07) is -1.44. The Kier molecular flexibility index (Phi) is 5.29. The zero-order chi connectivity index (χ0) is 22.7. The molecule has 4 rings (SSSR count). The monoisotopic (exact) mass is 431 g/mol. The number of likely N-dealkylation sites (tertiary alicyclic amines) is 1. The summed E-state index contributed by atoms with van der Waals surface area (Å²) in [4.78, 5) is 45.9. The molecule has 6 atom stereocenters. The van der Waals surface area contributed by atoms with E-state index in [0.717, 1.165) is 0 Å². The fourth-order valence-electron chi connectivity index (χ4n) is 5.61. The van der Waals surface area contributed by atoms with Gasteiger partial charge in [0, 0.05) is 25.7 Å². The van der Waals surface area contributed by atoms with E-state index in [9.17, 15) is 19.5 Å². The lowest BCUT2D eigenvalue weighted by Crippen LogP contribution is -2.60. The summed E-state index contributed by atoms with van der Waals surface area (Å²) in [6.07, 6.45) is 7.38. The number of hydrogen-bond donors (Lipinski definition) is 1. The van der Waals surface area contributed by atoms with Gasteiger partial charge in [0.1, 0.15) is 11.6 Å². The summed E-state index contributed by atoms with van der Waals surface area (Å²) in [5.74, 6) is -2.15. The van der Waals surface area contributed by atoms with Gasteiger partial charge < -0.3 is 24.5 Å². The standard InChI is InChI=1S/C23H33N3O5/c1-6-14(13-27)26-18-21(30)25(22(2,3)4)12-8-10-23(18)17(20(26)29)16-15(31-23)9-7-11-24(5)19(16)28/h7-10,14-18,27H,6,11-13H2,1-5H3/t14-,15+,16-,17-,18?,23-/m0/s1. The molecular formula is C23H33N3O5. The first kappa shape index (κ1) is 22.0. The van der Waals surface area contributed by atoms with E-state index in [0.29, 0.717) is 19.5 Å². The first-order chi connectivity index (χ1) is 14.6. The third kappa shape index (κ3) is 3.06. The maximum Gasteiger partial charge on any atom is 0.249 e. The molecule has 8 heteroatoms. The van der Waals surface area contributed by atoms with Crippen LogP contribution in [-0.4, -0.2) is 93.6 Å². The van der Waals surface area contributed by atoms with Crippen LogP contribution >= 0.6 is 0 Å². The van der Waals surface area contributed by atoms with Crippen molar-refractivity contribution >= 4 is 17.7 Å². The fraction of sp³-hybridized carbons (Fsp3) is 0.696. The fourth-order valence-corrected chi connectivity index (χ4v) is 5.61. The first-order valence-electron chi connectivity index (χ1n) is 11.1. The van der Waals surface area contributed by atoms with Gasteiger partial charge in [-0.25, -0.2) is 0 Å². The Morgan fingerprint density at radius 3 is 2.48 bits per heavy atom. The predicted molar refractivity (Wildman–Crippen MR) is 114 cm³/mol. The highest BCUT2D eigenvalue weighted by Gasteiger charge is 2.72. The Labute approximate surface area is 183 Å². The average molecular weight is 432 g/mol. The molecular weight excluding hydrogens is 398 g/mol. The van der Waals surface area contributed by atoms with Gasteiger partial charge in [-0.1, -0.05) is 31.2 Å². The molecule has 4 aliphatic heterocycles. The van der Waals surface area contributed by atoms with E-state index in [1.807, 2.05) is 52.0 Å². The van der Waals surface area contributed by atoms with Crippen molar-refractivity contribution in [3.05, 3.63) is 24.3 Å². The number of likely N-dealkylation sites (N-methyl/N-ethyl adjacent to an activating group) is 1. The average Bonchev–Trinajstić information content (AvgIpc) is 3.02. The number of carbonyl (C=O) groups excluding carboxylic acids is 3. The summed E-state index contributed by atoms with van der Waals surface area (Å²) < 4.78 is 6.52. The Morgan fingerprint density at radius 1 is 1.16 bits per heavy atom. The molecule has 0 aromatic carbocycles. The van der Waals surface area contributed by atoms with E-state index in [-0.39, 0.29) is 24.3 Å². The third-order valence-corrected chi connectivity index (χ3v) is 7.18. The molecule has 1 N–H and O–H groups in total. The van der Waals surface area contributed by atoms with Crippen molar-refractivity contribution in [3.8, 4) is 0 Å². The Balaban J connectivity index is 1.89. The number of aliphatic hydroxyl groups is 1. The first-order valence-corrected chi connectivity index (χ1v) is 11.1. The van der Waals surface area contributed by atoms with Crippen LogP contribution < -0.4 is 0 Å². The number of fused-ring (bicyclic) bond motifs is 2. The van der Waals surface area contributed by atoms with Gasteiger partial charge in [0.15, 0.2) is 0 Å². The van der Waals surface area contributed by atoms with Gasteiger partial charge in [-0.05, 0) is 27.2 Å². The molecule has 8 nitrogen and oxygen atoms in total. The Morgan fingerprint density at radius 2 is 1.87 bits per heavy atom. The van der Waals surface area contributed by atoms with Crippen molar-refractivity contribution in [2.24, 2.45) is 11.8 Å². The molecule has 0 saturated carbocycles. The van der Waals surface area contributed by atoms with Crippen LogP contribution in [0.15, 0.2) is 24.3 Å². The van der Waals surface area contributed by atoms with E-state index in [1.54, 1.807) is 16.8 Å². The van der Waals surface area contributed by atoms with Crippen LogP contribution in [0, 0.1) is 11.8 Å². The second-order valence-electron chi connectivity index (χ2n) is 10.0. The maximum absolute atomic E-state index is 13.9. The van der Waals surface area contributed by atoms with Gasteiger partial charge >= 0.3 is 0 Å². The van der Waals surface area contributed by atoms with Gasteiger partial charge in [-0.2, -0.15) is 0 Å². The van der Waals surface area contributed by atoms with Crippen molar-refractivity contribution in [2.45, 2.75) is 63.4 Å². The summed E-state index contributed by atoms with van der Waals surface area (Å²) in [5, 5.41) is 10.0. The zero-order valence-electron chi connectivity index (χ0n) is 18.9. The van der Waals surface area contributed by atoms with Gasteiger partial charge in [-0.3, -0.25) is 14.4 Å². The molecule has 1 spiro atoms. The number of rotatable bonds is 3. The highest BCUT2D eigenvalue weighted by molar-refractivity contribution is 6.00. The van der Waals surface area contributed by atoms with Crippen LogP contribution in [0.2, 0.25) is 0 Å². The number of carbonyl (C=O) groups is 3. The van der Waals surface area contributed by atoms with Crippen molar-refractivity contribution in [1.29, 1.82) is 0 Å². The maximum atomic E-state index is 13.9. The molecule has 2 saturated heterocycles. The van der Waals surface area contributed by atoms with Crippen molar-refractivity contribution in [3.63, 3.8) is 0 Å². The molecule has 0 aromatic rings. The van der Waals surface area contributed by atoms with E-state index in [2.05, 4.69) is 0 Å². The van der Waals surface area contributed by atoms with Crippen LogP contribution in [0.4, 0.5) is 0 Å². The second-order valence-corrected chi connectivity index (χ2v) is 10.0. The molecule has 4 aliphatic rings. The molecule has 0 radical (unpaired) electrons. The van der Waals surface area contributed by atoms with E-state index < -0.39 is 41.2 Å². The second kappa shape index (κ2) is 7.45. The predicted octanol–water partition coefficient (Wildman–Crippen LogP) is 0.563. The van der Waals surface area contributed by atoms with Gasteiger partial charge in [0.2, 0.25) is 17.7 Å². The highest BCUT2D eigenvalue weighted by Crippen LogP contribution is 2.54. The molecule has 170 valence electrons. The summed E-state index contributed by atoms with van der Waals surface area (Å²) in [7, 11) is 1.71. The Bertz CT molecular complexity index is 843. The minimum absolute atomic E-state index is 0.152. The van der Waals surface area contributed by atoms with Crippen LogP contribution in [-0.2, 0) is 19.1 Å². The van der Waals surface area contributed by atoms with E-state index >= 15 is 0 Å². The quantitative estimate of drug-likeness (QED) is 0.660. The number of aliphatic hydroxyl groups excluding tert-OH is 1. The van der Waals surface area contributed by atoms with Crippen molar-refractivity contribution in [1.82, 2.24) is 14.7 Å². The SMILES string of the molecule is CC[C@@H](CO)N1C(=O)[C@@H]2[C@H]3C(=O)N(C)CC=C[C@H]3O[C@@]23C=CCN(C(C)(C)C)C(=O)C13. The lowest BCUT2D eigenvalue weighted by atomic mass is 9.77. The third-order valence-electron chi connectivity index (χ3n) is 7.18. The van der Waals surface area contributed by atoms with Gasteiger partial charge in [0.05, 0.1) is 30.6 Å². The highest BCUT2D eigenvalue weighted by atomic mass is 16.5. The lowest BCUT2D eigenvalue weighted by molar-refractivity contribution is -0.154. The normalized spacial score (nSPS) is 36.3. The summed E-state index contributed by atoms with van der Waals surface area (Å²) in [6.45, 7) is 8.35. The number of hydrogen-bond acceptors (Lipinski definition) is 5. The molecule has 4 heterocycles. The molecule has 31 heavy (non-hydrogen) atoms. The van der Waals surface area contributed by atoms with Crippen molar-refractivity contribution < 1.29 is 24.2 Å². The zero-order valence-corrected chi connectivity index (χ0v) is 18.9. The molecule has 3 amide bonds. The van der Waals surface area contributed by atoms with Crippen molar-refractivity contribution in [2.75, 3.05) is 26.7 Å². The topological polar surface area (TPSA) is 90.4 Å². The minimum Gasteiger partial charge on any atom is -0.394 e. The number of ether oxygens (including phenoxy) is 1. The largest absolute Gasteiger partial charge is 0.394 e. The van der Waals surface area contributed by atoms with Gasteiger partial charge in [0.25, 0.3) is 0 Å². The van der Waals surface area contributed by atoms with E-state index in [1.165, 1.54) is 4.90 Å². The van der Waals surface area contributed by atoms with Crippen LogP contribution in [0.25, 0.3) is 0 Å². The van der Waals surface area contributed by atoms with Crippen LogP contribution in [0.1, 0.15) is 34.1 Å². The molecule has 2 fully saturated rings. The van der Waals surface area contributed by atoms with E-state index in [4.69, 9.17) is 4.74 Å². The lowest BCUT2D eigenvalue weighted by Gasteiger charge is -2.42. The van der Waals surface area contributed by atoms with Crippen LogP contribution in [0.5, 0.6) is 0 Å².